The summed E-state index contributed by atoms with van der Waals surface area (Å²) in [7, 11) is 0. The van der Waals surface area contributed by atoms with E-state index in [9.17, 15) is 9.90 Å². The second kappa shape index (κ2) is 7.97. The Morgan fingerprint density at radius 1 is 1.23 bits per heavy atom. The van der Waals surface area contributed by atoms with Gasteiger partial charge in [0, 0.05) is 22.7 Å². The van der Waals surface area contributed by atoms with Crippen LogP contribution in [-0.4, -0.2) is 11.0 Å². The van der Waals surface area contributed by atoms with E-state index >= 15 is 0 Å². The fraction of sp³-hybridized carbons (Fsp3) is 0.278. The topological polar surface area (TPSA) is 49.3 Å². The van der Waals surface area contributed by atoms with Crippen molar-refractivity contribution in [1.29, 1.82) is 0 Å². The van der Waals surface area contributed by atoms with Crippen LogP contribution in [0.15, 0.2) is 48.5 Å². The van der Waals surface area contributed by atoms with Gasteiger partial charge < -0.3 is 10.4 Å². The molecular formula is C18H20ClNO2. The number of aliphatic hydroxyl groups excluding tert-OH is 1. The van der Waals surface area contributed by atoms with Crippen LogP contribution in [0.4, 0.5) is 5.69 Å². The maximum atomic E-state index is 11.9. The van der Waals surface area contributed by atoms with Crippen molar-refractivity contribution in [2.24, 2.45) is 0 Å². The van der Waals surface area contributed by atoms with Gasteiger partial charge in [0.1, 0.15) is 6.10 Å². The molecule has 116 valence electrons. The van der Waals surface area contributed by atoms with E-state index in [1.807, 2.05) is 37.3 Å². The van der Waals surface area contributed by atoms with Crippen molar-refractivity contribution >= 4 is 23.2 Å². The minimum atomic E-state index is -0.832. The molecule has 0 heterocycles. The molecule has 2 rings (SSSR count). The van der Waals surface area contributed by atoms with Gasteiger partial charge in [0.05, 0.1) is 0 Å². The molecule has 2 N–H and O–H groups in total. The Balaban J connectivity index is 2.26. The highest BCUT2D eigenvalue weighted by Gasteiger charge is 2.16. The molecule has 2 aromatic carbocycles. The molecule has 3 nitrogen and oxygen atoms in total. The molecule has 22 heavy (non-hydrogen) atoms. The summed E-state index contributed by atoms with van der Waals surface area (Å²) < 4.78 is 0. The Morgan fingerprint density at radius 3 is 2.64 bits per heavy atom. The minimum Gasteiger partial charge on any atom is -0.384 e. The van der Waals surface area contributed by atoms with E-state index in [0.29, 0.717) is 22.7 Å². The van der Waals surface area contributed by atoms with E-state index < -0.39 is 6.10 Å². The van der Waals surface area contributed by atoms with Gasteiger partial charge in [-0.2, -0.15) is 0 Å². The highest BCUT2D eigenvalue weighted by molar-refractivity contribution is 6.30. The zero-order valence-corrected chi connectivity index (χ0v) is 13.3. The highest BCUT2D eigenvalue weighted by atomic mass is 35.5. The number of hydrogen-bond acceptors (Lipinski definition) is 2. The van der Waals surface area contributed by atoms with E-state index in [0.717, 1.165) is 18.4 Å². The number of anilines is 1. The number of unbranched alkanes of at least 4 members (excludes halogenated alkanes) is 1. The van der Waals surface area contributed by atoms with E-state index in [-0.39, 0.29) is 5.91 Å². The number of amides is 1. The van der Waals surface area contributed by atoms with Gasteiger partial charge in [-0.1, -0.05) is 55.3 Å². The van der Waals surface area contributed by atoms with Crippen LogP contribution in [0.2, 0.25) is 5.02 Å². The quantitative estimate of drug-likeness (QED) is 0.821. The number of rotatable bonds is 6. The molecule has 2 aromatic rings. The molecule has 0 aliphatic carbocycles. The standard InChI is InChI=1S/C18H20ClNO2/c1-2-3-9-17(21)20-16-11-10-14(19)12-15(16)18(22)13-7-5-4-6-8-13/h4-8,10-12,18,22H,2-3,9H2,1H3,(H,20,21)/t18-/m0/s1. The van der Waals surface area contributed by atoms with Crippen LogP contribution in [-0.2, 0) is 4.79 Å². The summed E-state index contributed by atoms with van der Waals surface area (Å²) in [5.41, 5.74) is 1.96. The Kier molecular flexibility index (Phi) is 5.99. The second-order valence-electron chi connectivity index (χ2n) is 5.20. The first-order chi connectivity index (χ1) is 10.6. The molecule has 0 spiro atoms. The molecule has 0 radical (unpaired) electrons. The summed E-state index contributed by atoms with van der Waals surface area (Å²) in [4.78, 5) is 11.9. The van der Waals surface area contributed by atoms with Crippen molar-refractivity contribution in [1.82, 2.24) is 0 Å². The van der Waals surface area contributed by atoms with Gasteiger partial charge in [0.2, 0.25) is 5.91 Å². The number of aliphatic hydroxyl groups is 1. The maximum absolute atomic E-state index is 11.9. The molecule has 0 saturated carbocycles. The summed E-state index contributed by atoms with van der Waals surface area (Å²) in [5.74, 6) is -0.0503. The van der Waals surface area contributed by atoms with Crippen LogP contribution in [0, 0.1) is 0 Å². The third-order valence-corrected chi connectivity index (χ3v) is 3.69. The molecule has 1 amide bonds. The average Bonchev–Trinajstić information content (AvgIpc) is 2.54. The number of carbonyl (C=O) groups excluding carboxylic acids is 1. The van der Waals surface area contributed by atoms with E-state index in [4.69, 9.17) is 11.6 Å². The lowest BCUT2D eigenvalue weighted by Gasteiger charge is -2.17. The van der Waals surface area contributed by atoms with Crippen LogP contribution in [0.25, 0.3) is 0 Å². The minimum absolute atomic E-state index is 0.0503. The van der Waals surface area contributed by atoms with Crippen molar-refractivity contribution in [2.75, 3.05) is 5.32 Å². The van der Waals surface area contributed by atoms with Gasteiger partial charge in [-0.3, -0.25) is 4.79 Å². The van der Waals surface area contributed by atoms with Crippen molar-refractivity contribution in [3.05, 3.63) is 64.7 Å². The molecular weight excluding hydrogens is 298 g/mol. The normalized spacial score (nSPS) is 12.0. The van der Waals surface area contributed by atoms with E-state index in [1.54, 1.807) is 18.2 Å². The van der Waals surface area contributed by atoms with Crippen LogP contribution in [0.5, 0.6) is 0 Å². The Morgan fingerprint density at radius 2 is 1.95 bits per heavy atom. The molecule has 0 bridgehead atoms. The van der Waals surface area contributed by atoms with Crippen molar-refractivity contribution in [3.63, 3.8) is 0 Å². The molecule has 0 saturated heterocycles. The van der Waals surface area contributed by atoms with Crippen LogP contribution in [0.3, 0.4) is 0 Å². The van der Waals surface area contributed by atoms with Gasteiger partial charge in [-0.25, -0.2) is 0 Å². The van der Waals surface area contributed by atoms with Gasteiger partial charge in [0.15, 0.2) is 0 Å². The predicted octanol–water partition coefficient (Wildman–Crippen LogP) is 4.55. The fourth-order valence-corrected chi connectivity index (χ4v) is 2.42. The molecule has 1 atom stereocenters. The Hall–Kier alpha value is -1.84. The molecule has 0 unspecified atom stereocenters. The Labute approximate surface area is 135 Å². The van der Waals surface area contributed by atoms with Crippen molar-refractivity contribution < 1.29 is 9.90 Å². The third-order valence-electron chi connectivity index (χ3n) is 3.45. The average molecular weight is 318 g/mol. The lowest BCUT2D eigenvalue weighted by molar-refractivity contribution is -0.116. The molecule has 4 heteroatoms. The van der Waals surface area contributed by atoms with E-state index in [2.05, 4.69) is 5.32 Å². The van der Waals surface area contributed by atoms with Gasteiger partial charge in [-0.15, -0.1) is 0 Å². The lowest BCUT2D eigenvalue weighted by Crippen LogP contribution is -2.14. The first-order valence-corrected chi connectivity index (χ1v) is 7.82. The predicted molar refractivity (Wildman–Crippen MR) is 90.1 cm³/mol. The smallest absolute Gasteiger partial charge is 0.224 e. The first kappa shape index (κ1) is 16.5. The van der Waals surface area contributed by atoms with Crippen molar-refractivity contribution in [3.8, 4) is 0 Å². The number of halogens is 1. The Bertz CT molecular complexity index is 628. The SMILES string of the molecule is CCCCC(=O)Nc1ccc(Cl)cc1[C@@H](O)c1ccccc1. The van der Waals surface area contributed by atoms with Crippen molar-refractivity contribution in [2.45, 2.75) is 32.3 Å². The number of hydrogen-bond donors (Lipinski definition) is 2. The summed E-state index contributed by atoms with van der Waals surface area (Å²) in [6, 6.07) is 14.4. The van der Waals surface area contributed by atoms with Gasteiger partial charge >= 0.3 is 0 Å². The molecule has 0 aliphatic heterocycles. The van der Waals surface area contributed by atoms with Gasteiger partial charge in [0.25, 0.3) is 0 Å². The lowest BCUT2D eigenvalue weighted by atomic mass is 10.00. The van der Waals surface area contributed by atoms with Gasteiger partial charge in [-0.05, 0) is 30.2 Å². The van der Waals surface area contributed by atoms with Crippen LogP contribution < -0.4 is 5.32 Å². The molecule has 0 aliphatic rings. The van der Waals surface area contributed by atoms with Crippen LogP contribution in [0.1, 0.15) is 43.4 Å². The maximum Gasteiger partial charge on any atom is 0.224 e. The summed E-state index contributed by atoms with van der Waals surface area (Å²) in [5, 5.41) is 14.0. The first-order valence-electron chi connectivity index (χ1n) is 7.44. The van der Waals surface area contributed by atoms with Crippen LogP contribution >= 0.6 is 11.6 Å². The zero-order chi connectivity index (χ0) is 15.9. The number of carbonyl (C=O) groups is 1. The summed E-state index contributed by atoms with van der Waals surface area (Å²) >= 11 is 6.04. The molecule has 0 fully saturated rings. The summed E-state index contributed by atoms with van der Waals surface area (Å²) in [6.07, 6.45) is 1.45. The molecule has 0 aromatic heterocycles. The largest absolute Gasteiger partial charge is 0.384 e. The van der Waals surface area contributed by atoms with E-state index in [1.165, 1.54) is 0 Å². The second-order valence-corrected chi connectivity index (χ2v) is 5.63. The highest BCUT2D eigenvalue weighted by Crippen LogP contribution is 2.31. The monoisotopic (exact) mass is 317 g/mol. The fourth-order valence-electron chi connectivity index (χ4n) is 2.24. The number of nitrogens with one attached hydrogen (secondary N) is 1. The summed E-state index contributed by atoms with van der Waals surface area (Å²) in [6.45, 7) is 2.04. The zero-order valence-electron chi connectivity index (χ0n) is 12.6. The third kappa shape index (κ3) is 4.33. The number of benzene rings is 2.